The topological polar surface area (TPSA) is 386 Å². The van der Waals surface area contributed by atoms with Crippen molar-refractivity contribution in [3.63, 3.8) is 0 Å². The molecule has 117 heavy (non-hydrogen) atoms. The van der Waals surface area contributed by atoms with Crippen molar-refractivity contribution in [2.75, 3.05) is 56.8 Å². The fraction of sp³-hybridized carbons (Fsp3) is 0.518. The van der Waals surface area contributed by atoms with Crippen molar-refractivity contribution in [1.29, 1.82) is 0 Å². The van der Waals surface area contributed by atoms with E-state index in [2.05, 4.69) is 19.2 Å². The maximum atomic E-state index is 13.6. The summed E-state index contributed by atoms with van der Waals surface area (Å²) in [6.45, 7) is 21.8. The largest absolute Gasteiger partial charge is 0.493 e. The van der Waals surface area contributed by atoms with Crippen molar-refractivity contribution < 1.29 is 115 Å². The molecule has 6 aromatic rings. The van der Waals surface area contributed by atoms with Crippen LogP contribution in [0.1, 0.15) is 222 Å². The molecule has 0 saturated heterocycles. The minimum absolute atomic E-state index is 0.000329. The molecule has 7 amide bonds. The molecule has 6 aliphatic carbocycles. The Balaban J connectivity index is 0.000000153. The summed E-state index contributed by atoms with van der Waals surface area (Å²) in [6, 6.07) is 24.0. The van der Waals surface area contributed by atoms with Crippen LogP contribution >= 0.6 is 0 Å². The number of carbonyl (C=O) groups excluding carboxylic acids is 11. The Bertz CT molecular complexity index is 5520. The van der Waals surface area contributed by atoms with Gasteiger partial charge in [0.25, 0.3) is 65.8 Å². The van der Waals surface area contributed by atoms with E-state index in [0.717, 1.165) is 44.9 Å². The first-order chi connectivity index (χ1) is 55.1. The summed E-state index contributed by atoms with van der Waals surface area (Å²) in [4.78, 5) is 142. The molecule has 0 aromatic heterocycles. The molecule has 3 heterocycles. The number of nitrogens with one attached hydrogen (secondary N) is 1. The van der Waals surface area contributed by atoms with Gasteiger partial charge in [0.15, 0.2) is 0 Å². The number of alkyl carbamates (subject to hydrolysis) is 1. The van der Waals surface area contributed by atoms with Crippen molar-refractivity contribution in [2.24, 2.45) is 62.1 Å². The lowest BCUT2D eigenvalue weighted by Gasteiger charge is -2.36. The van der Waals surface area contributed by atoms with E-state index in [1.54, 1.807) is 66.7 Å². The van der Waals surface area contributed by atoms with Crippen molar-refractivity contribution in [1.82, 2.24) is 20.5 Å². The average molecular weight is 1670 g/mol. The summed E-state index contributed by atoms with van der Waals surface area (Å²) in [5.41, 5.74) is -4.32. The van der Waals surface area contributed by atoms with Crippen LogP contribution in [0.2, 0.25) is 0 Å². The fourth-order valence-corrected chi connectivity index (χ4v) is 24.5. The standard InChI is InChI=1S/C30H37NO7S.C29H34N2O9S.C26H27NO9S/c1-5-7-9-19(6-2)17-37-22-14-20-10-8-11-23-26(20)24(16-22)28(34)31(27(23)33)38-39(35,36)18-30-13-12-21(15-25(30)32)29(30,3)4;1-17(2)15-30-27(35)39-11-10-38-20-12-18-6-5-7-21-24(18)22(14-20)26(34)31(25(21)33)40-41(36,37)16-29-9-8-19(13-23(29)32)28(29,3)4;1-15(28)34-9-10-35-18-11-16-5-4-6-19-22(16)20(13-18)24(31)27(23(19)30)36-37(32,33)14-26-8-7-17(12-21(26)29)25(26,2)3/h8,10-11,14,16,19,21H,5-7,9,12-13,15,17-18H2,1-4H3;5-7,12,14,17,19H,8-11,13,15-16H2,1-4H3,(H,30,35);4-6,11,13,17H,7-10,12,14H2,1-3H3. The van der Waals surface area contributed by atoms with Gasteiger partial charge in [-0.2, -0.15) is 25.3 Å². The van der Waals surface area contributed by atoms with Gasteiger partial charge in [-0.3, -0.25) is 47.9 Å². The first-order valence-corrected chi connectivity index (χ1v) is 44.4. The highest BCUT2D eigenvalue weighted by Crippen LogP contribution is 2.67. The SMILES string of the molecule is CC(=O)OCCOc1cc2c3c(cccc3c1)C(=O)N(OS(=O)(=O)CC13CCC(CC1=O)C3(C)C)C2=O.CC(C)CNC(=O)OCCOc1cc2c3c(cccc3c1)C(=O)N(OS(=O)(=O)CC13CCC(CC1=O)C3(C)C)C2=O.CCCCC(CC)COc1cc2c3c(cccc3c1)C(=O)N(OS(=O)(=O)CC13CCC(CC1=O)C3(C)C)C2=O. The third-order valence-corrected chi connectivity index (χ3v) is 30.2. The van der Waals surface area contributed by atoms with Crippen LogP contribution in [0.15, 0.2) is 91.0 Å². The number of hydroxylamine groups is 6. The summed E-state index contributed by atoms with van der Waals surface area (Å²) < 4.78 is 123. The van der Waals surface area contributed by atoms with Crippen molar-refractivity contribution in [3.8, 4) is 17.2 Å². The maximum absolute atomic E-state index is 13.6. The number of amides is 7. The molecular weight excluding hydrogens is 1570 g/mol. The minimum atomic E-state index is -4.52. The number of hydrogen-bond acceptors (Lipinski definition) is 25. The number of hydrogen-bond donors (Lipinski definition) is 1. The molecule has 7 unspecified atom stereocenters. The summed E-state index contributed by atoms with van der Waals surface area (Å²) >= 11 is 0. The first kappa shape index (κ1) is 85.3. The quantitative estimate of drug-likeness (QED) is 0.0259. The number of esters is 1. The van der Waals surface area contributed by atoms with E-state index in [9.17, 15) is 78.0 Å². The Labute approximate surface area is 679 Å². The van der Waals surface area contributed by atoms with E-state index >= 15 is 0 Å². The second-order valence-electron chi connectivity index (χ2n) is 34.3. The Morgan fingerprint density at radius 2 is 0.795 bits per heavy atom. The molecule has 29 nitrogen and oxygen atoms in total. The molecule has 0 radical (unpaired) electrons. The molecular formula is C85H98N4O25S3. The van der Waals surface area contributed by atoms with Crippen LogP contribution in [0, 0.1) is 62.1 Å². The summed E-state index contributed by atoms with van der Waals surface area (Å²) in [6.07, 6.45) is 8.18. The second-order valence-corrected chi connectivity index (χ2v) is 39.0. The molecule has 626 valence electrons. The summed E-state index contributed by atoms with van der Waals surface area (Å²) in [5.74, 6) is -6.06. The number of fused-ring (bicyclic) bond motifs is 6. The monoisotopic (exact) mass is 1670 g/mol. The van der Waals surface area contributed by atoms with Gasteiger partial charge in [-0.05, 0) is 162 Å². The lowest BCUT2D eigenvalue weighted by molar-refractivity contribution is -0.141. The van der Waals surface area contributed by atoms with E-state index in [1.807, 2.05) is 55.4 Å². The third-order valence-electron chi connectivity index (χ3n) is 26.5. The Morgan fingerprint density at radius 3 is 1.09 bits per heavy atom. The molecule has 7 atom stereocenters. The third kappa shape index (κ3) is 15.6. The number of benzene rings is 6. The number of nitrogens with zero attached hydrogens (tertiary/aromatic N) is 3. The number of ether oxygens (including phenoxy) is 5. The van der Waals surface area contributed by atoms with Gasteiger partial charge in [-0.1, -0.05) is 125 Å². The Morgan fingerprint density at radius 1 is 0.462 bits per heavy atom. The molecule has 6 bridgehead atoms. The molecule has 6 aromatic carbocycles. The van der Waals surface area contributed by atoms with Gasteiger partial charge in [0.2, 0.25) is 0 Å². The molecule has 15 rings (SSSR count). The van der Waals surface area contributed by atoms with Crippen LogP contribution in [0.3, 0.4) is 0 Å². The number of imide groups is 3. The number of ketones is 3. The average Bonchev–Trinajstić information content (AvgIpc) is 1.54. The van der Waals surface area contributed by atoms with Crippen LogP contribution in [-0.4, -0.2) is 162 Å². The predicted octanol–water partition coefficient (Wildman–Crippen LogP) is 12.6. The molecule has 3 aliphatic heterocycles. The zero-order valence-electron chi connectivity index (χ0n) is 67.4. The van der Waals surface area contributed by atoms with Crippen LogP contribution in [-0.2, 0) is 71.9 Å². The fourth-order valence-electron chi connectivity index (χ4n) is 19.4. The molecule has 9 aliphatic rings. The van der Waals surface area contributed by atoms with Crippen LogP contribution in [0.4, 0.5) is 4.79 Å². The van der Waals surface area contributed by atoms with Crippen molar-refractivity contribution in [3.05, 3.63) is 124 Å². The normalized spacial score (nSPS) is 23.9. The highest BCUT2D eigenvalue weighted by molar-refractivity contribution is 7.87. The molecule has 32 heteroatoms. The number of rotatable bonds is 29. The van der Waals surface area contributed by atoms with Gasteiger partial charge in [0, 0.05) is 48.9 Å². The summed E-state index contributed by atoms with van der Waals surface area (Å²) in [7, 11) is -13.5. The van der Waals surface area contributed by atoms with E-state index in [0.29, 0.717) is 101 Å². The molecule has 1 N–H and O–H groups in total. The zero-order valence-corrected chi connectivity index (χ0v) is 69.8. The second kappa shape index (κ2) is 31.9. The van der Waals surface area contributed by atoms with E-state index < -0.39 is 128 Å². The molecule has 6 saturated carbocycles. The Kier molecular flexibility index (Phi) is 23.3. The van der Waals surface area contributed by atoms with Gasteiger partial charge in [-0.15, -0.1) is 28.0 Å². The van der Waals surface area contributed by atoms with Crippen LogP contribution in [0.25, 0.3) is 32.3 Å². The van der Waals surface area contributed by atoms with Crippen molar-refractivity contribution >= 4 is 128 Å². The van der Waals surface area contributed by atoms with E-state index in [-0.39, 0.29) is 122 Å². The number of carbonyl (C=O) groups is 11. The lowest BCUT2D eigenvalue weighted by Crippen LogP contribution is -2.46. The van der Waals surface area contributed by atoms with Crippen molar-refractivity contribution in [2.45, 2.75) is 160 Å². The Hall–Kier alpha value is -9.60. The molecule has 6 fully saturated rings. The van der Waals surface area contributed by atoms with Crippen LogP contribution < -0.4 is 19.5 Å². The predicted molar refractivity (Wildman–Crippen MR) is 424 cm³/mol. The van der Waals surface area contributed by atoms with Gasteiger partial charge >= 0.3 is 12.1 Å². The van der Waals surface area contributed by atoms with Gasteiger partial charge in [0.1, 0.15) is 61.0 Å². The number of unbranched alkanes of at least 4 members (excludes halogenated alkanes) is 1. The lowest BCUT2D eigenvalue weighted by atomic mass is 9.70. The van der Waals surface area contributed by atoms with Gasteiger partial charge in [-0.25, -0.2) is 4.79 Å². The van der Waals surface area contributed by atoms with Gasteiger partial charge < -0.3 is 29.0 Å². The summed E-state index contributed by atoms with van der Waals surface area (Å²) in [5, 5.41) is 6.34. The highest BCUT2D eigenvalue weighted by Gasteiger charge is 2.68. The maximum Gasteiger partial charge on any atom is 0.407 e. The smallest absolute Gasteiger partial charge is 0.407 e. The highest BCUT2D eigenvalue weighted by atomic mass is 32.2. The van der Waals surface area contributed by atoms with E-state index in [4.69, 9.17) is 36.5 Å². The van der Waals surface area contributed by atoms with E-state index in [1.165, 1.54) is 31.2 Å². The first-order valence-electron chi connectivity index (χ1n) is 39.7. The van der Waals surface area contributed by atoms with Gasteiger partial charge in [0.05, 0.1) is 73.5 Å². The van der Waals surface area contributed by atoms with Crippen LogP contribution in [0.5, 0.6) is 17.2 Å². The zero-order chi connectivity index (χ0) is 84.7. The minimum Gasteiger partial charge on any atom is -0.493 e. The molecule has 0 spiro atoms. The number of Topliss-reactive ketones (excluding diaryl/α,β-unsaturated/α-hetero) is 3.